The zero-order valence-corrected chi connectivity index (χ0v) is 20.6. The van der Waals surface area contributed by atoms with Crippen LogP contribution < -0.4 is 5.32 Å². The van der Waals surface area contributed by atoms with Crippen molar-refractivity contribution in [3.8, 4) is 5.69 Å². The molecule has 3 aromatic rings. The molecule has 1 N–H and O–H groups in total. The van der Waals surface area contributed by atoms with E-state index in [0.29, 0.717) is 35.2 Å². The number of amides is 1. The van der Waals surface area contributed by atoms with E-state index in [1.807, 2.05) is 31.2 Å². The van der Waals surface area contributed by atoms with Gasteiger partial charge in [-0.1, -0.05) is 60.8 Å². The molecule has 1 aromatic heterocycles. The molecule has 4 rings (SSSR count). The van der Waals surface area contributed by atoms with E-state index >= 15 is 0 Å². The summed E-state index contributed by atoms with van der Waals surface area (Å²) in [6.07, 6.45) is 8.02. The van der Waals surface area contributed by atoms with Gasteiger partial charge in [0.25, 0.3) is 5.91 Å². The van der Waals surface area contributed by atoms with Gasteiger partial charge in [0, 0.05) is 30.9 Å². The fraction of sp³-hybridized carbons (Fsp3) is 0.296. The Kier molecular flexibility index (Phi) is 8.50. The molecule has 6 nitrogen and oxygen atoms in total. The number of ether oxygens (including phenoxy) is 1. The van der Waals surface area contributed by atoms with Gasteiger partial charge in [0.15, 0.2) is 5.16 Å². The number of thioether (sulfide) groups is 1. The van der Waals surface area contributed by atoms with Crippen LogP contribution >= 0.6 is 11.8 Å². The molecule has 1 fully saturated rings. The molecule has 0 bridgehead atoms. The molecule has 35 heavy (non-hydrogen) atoms. The molecular weight excluding hydrogens is 463 g/mol. The maximum Gasteiger partial charge on any atom is 0.251 e. The lowest BCUT2D eigenvalue weighted by molar-refractivity contribution is 0.0953. The molecule has 0 unspecified atom stereocenters. The van der Waals surface area contributed by atoms with Crippen LogP contribution in [0.1, 0.15) is 40.2 Å². The Hall–Kier alpha value is -3.23. The maximum atomic E-state index is 14.7. The molecule has 0 spiro atoms. The number of allylic oxidation sites excluding steroid dienone is 2. The smallest absolute Gasteiger partial charge is 0.251 e. The number of para-hydroxylation sites is 1. The number of halogens is 1. The van der Waals surface area contributed by atoms with Gasteiger partial charge in [-0.3, -0.25) is 9.36 Å². The van der Waals surface area contributed by atoms with Crippen molar-refractivity contribution in [2.24, 2.45) is 0 Å². The summed E-state index contributed by atoms with van der Waals surface area (Å²) in [5.74, 6) is 0.788. The predicted octanol–water partition coefficient (Wildman–Crippen LogP) is 5.16. The second-order valence-corrected chi connectivity index (χ2v) is 9.26. The van der Waals surface area contributed by atoms with E-state index in [9.17, 15) is 9.18 Å². The fourth-order valence-corrected chi connectivity index (χ4v) is 5.05. The van der Waals surface area contributed by atoms with Crippen LogP contribution in [-0.4, -0.2) is 45.7 Å². The number of hydrogen-bond donors (Lipinski definition) is 1. The van der Waals surface area contributed by atoms with Crippen LogP contribution in [0, 0.1) is 12.7 Å². The number of nitrogens with zero attached hydrogens (tertiary/aromatic N) is 3. The van der Waals surface area contributed by atoms with Crippen molar-refractivity contribution in [3.05, 3.63) is 89.5 Å². The third kappa shape index (κ3) is 6.07. The highest BCUT2D eigenvalue weighted by Gasteiger charge is 2.21. The third-order valence-electron chi connectivity index (χ3n) is 5.82. The highest BCUT2D eigenvalue weighted by atomic mass is 32.2. The number of nitrogens with one attached hydrogen (secondary N) is 1. The van der Waals surface area contributed by atoms with Crippen molar-refractivity contribution in [2.45, 2.75) is 37.4 Å². The summed E-state index contributed by atoms with van der Waals surface area (Å²) in [6, 6.07) is 12.2. The Balaban J connectivity index is 1.50. The molecule has 1 amide bonds. The summed E-state index contributed by atoms with van der Waals surface area (Å²) >= 11 is 1.51. The van der Waals surface area contributed by atoms with Gasteiger partial charge in [-0.2, -0.15) is 0 Å². The molecule has 1 aliphatic heterocycles. The number of hydrogen-bond acceptors (Lipinski definition) is 5. The molecule has 1 atom stereocenters. The van der Waals surface area contributed by atoms with E-state index in [1.54, 1.807) is 34.9 Å². The minimum atomic E-state index is -0.352. The van der Waals surface area contributed by atoms with Crippen LogP contribution in [-0.2, 0) is 11.2 Å². The van der Waals surface area contributed by atoms with Crippen LogP contribution in [0.2, 0.25) is 0 Å². The highest BCUT2D eigenvalue weighted by Crippen LogP contribution is 2.27. The summed E-state index contributed by atoms with van der Waals surface area (Å²) < 4.78 is 22.2. The van der Waals surface area contributed by atoms with Gasteiger partial charge in [0.2, 0.25) is 0 Å². The summed E-state index contributed by atoms with van der Waals surface area (Å²) in [6.45, 7) is 6.78. The van der Waals surface area contributed by atoms with Crippen molar-refractivity contribution in [1.82, 2.24) is 20.1 Å². The van der Waals surface area contributed by atoms with Crippen LogP contribution in [0.4, 0.5) is 4.39 Å². The van der Waals surface area contributed by atoms with E-state index in [4.69, 9.17) is 4.74 Å². The van der Waals surface area contributed by atoms with Gasteiger partial charge < -0.3 is 10.1 Å². The summed E-state index contributed by atoms with van der Waals surface area (Å²) in [5, 5.41) is 12.2. The monoisotopic (exact) mass is 492 g/mol. The zero-order valence-electron chi connectivity index (χ0n) is 19.7. The predicted molar refractivity (Wildman–Crippen MR) is 137 cm³/mol. The Morgan fingerprint density at radius 3 is 2.91 bits per heavy atom. The number of aromatic nitrogens is 3. The molecule has 182 valence electrons. The van der Waals surface area contributed by atoms with Gasteiger partial charge in [0.05, 0.1) is 11.8 Å². The molecule has 0 saturated carbocycles. The number of aryl methyl sites for hydroxylation is 1. The Bertz CT molecular complexity index is 1220. The summed E-state index contributed by atoms with van der Waals surface area (Å²) in [5.41, 5.74) is 2.84. The molecule has 8 heteroatoms. The lowest BCUT2D eigenvalue weighted by Crippen LogP contribution is -2.27. The van der Waals surface area contributed by atoms with Gasteiger partial charge in [-0.15, -0.1) is 10.2 Å². The summed E-state index contributed by atoms with van der Waals surface area (Å²) in [4.78, 5) is 12.9. The van der Waals surface area contributed by atoms with Crippen LogP contribution in [0.25, 0.3) is 11.8 Å². The Labute approximate surface area is 209 Å². The number of rotatable bonds is 10. The zero-order chi connectivity index (χ0) is 24.6. The molecule has 0 radical (unpaired) electrons. The van der Waals surface area contributed by atoms with E-state index < -0.39 is 0 Å². The number of carbonyl (C=O) groups excluding carboxylic acids is 1. The Morgan fingerprint density at radius 2 is 2.14 bits per heavy atom. The average Bonchev–Trinajstić information content (AvgIpc) is 3.52. The van der Waals surface area contributed by atoms with Gasteiger partial charge in [-0.05, 0) is 49.1 Å². The van der Waals surface area contributed by atoms with Crippen LogP contribution in [0.5, 0.6) is 0 Å². The fourth-order valence-electron chi connectivity index (χ4n) is 4.02. The quantitative estimate of drug-likeness (QED) is 0.313. The van der Waals surface area contributed by atoms with Crippen molar-refractivity contribution in [3.63, 3.8) is 0 Å². The standard InChI is InChI=1S/C27H29FN4O2S/c1-3-4-11-21-19(2)9-7-12-22(21)26(33)29-16-15-25-30-31-27(35-18-20-10-8-17-34-20)32(25)24-14-6-5-13-23(24)28/h3-7,9,11-14,20H,1,8,10,15-18H2,2H3,(H,29,33)/b11-4-/t20-/m0/s1. The average molecular weight is 493 g/mol. The van der Waals surface area contributed by atoms with Crippen molar-refractivity contribution < 1.29 is 13.9 Å². The van der Waals surface area contributed by atoms with Crippen molar-refractivity contribution in [2.75, 3.05) is 18.9 Å². The van der Waals surface area contributed by atoms with E-state index in [1.165, 1.54) is 17.8 Å². The maximum absolute atomic E-state index is 14.7. The lowest BCUT2D eigenvalue weighted by atomic mass is 10.0. The van der Waals surface area contributed by atoms with Gasteiger partial charge in [-0.25, -0.2) is 4.39 Å². The van der Waals surface area contributed by atoms with E-state index in [0.717, 1.165) is 36.3 Å². The van der Waals surface area contributed by atoms with Crippen molar-refractivity contribution in [1.29, 1.82) is 0 Å². The molecule has 1 saturated heterocycles. The van der Waals surface area contributed by atoms with E-state index in [2.05, 4.69) is 22.1 Å². The molecular formula is C27H29FN4O2S. The SMILES string of the molecule is C=C/C=C\c1c(C)cccc1C(=O)NCCc1nnc(SC[C@@H]2CCCO2)n1-c1ccccc1F. The van der Waals surface area contributed by atoms with Crippen LogP contribution in [0.3, 0.4) is 0 Å². The molecule has 1 aliphatic rings. The summed E-state index contributed by atoms with van der Waals surface area (Å²) in [7, 11) is 0. The first-order chi connectivity index (χ1) is 17.1. The third-order valence-corrected chi connectivity index (χ3v) is 6.88. The number of benzene rings is 2. The second kappa shape index (κ2) is 12.0. The van der Waals surface area contributed by atoms with Crippen LogP contribution in [0.15, 0.2) is 66.4 Å². The molecule has 2 aromatic carbocycles. The van der Waals surface area contributed by atoms with Crippen molar-refractivity contribution >= 4 is 23.7 Å². The molecule has 0 aliphatic carbocycles. The second-order valence-electron chi connectivity index (χ2n) is 8.27. The topological polar surface area (TPSA) is 69.0 Å². The largest absolute Gasteiger partial charge is 0.377 e. The first kappa shape index (κ1) is 24.9. The Morgan fingerprint density at radius 1 is 1.29 bits per heavy atom. The highest BCUT2D eigenvalue weighted by molar-refractivity contribution is 7.99. The number of carbonyl (C=O) groups is 1. The normalized spacial score (nSPS) is 15.5. The first-order valence-corrected chi connectivity index (χ1v) is 12.7. The minimum absolute atomic E-state index is 0.173. The minimum Gasteiger partial charge on any atom is -0.377 e. The van der Waals surface area contributed by atoms with Gasteiger partial charge >= 0.3 is 0 Å². The van der Waals surface area contributed by atoms with E-state index in [-0.39, 0.29) is 17.8 Å². The lowest BCUT2D eigenvalue weighted by Gasteiger charge is -2.13. The molecule has 2 heterocycles. The first-order valence-electron chi connectivity index (χ1n) is 11.7. The van der Waals surface area contributed by atoms with Gasteiger partial charge in [0.1, 0.15) is 11.6 Å².